The minimum atomic E-state index is -0.151. The summed E-state index contributed by atoms with van der Waals surface area (Å²) in [5.41, 5.74) is 3.07. The summed E-state index contributed by atoms with van der Waals surface area (Å²) >= 11 is 0. The molecule has 3 aromatic rings. The third kappa shape index (κ3) is 3.81. The van der Waals surface area contributed by atoms with Crippen LogP contribution in [0.25, 0.3) is 11.5 Å². The molecule has 1 aliphatic heterocycles. The van der Waals surface area contributed by atoms with Crippen LogP contribution in [0.15, 0.2) is 53.1 Å². The number of anilines is 1. The van der Waals surface area contributed by atoms with Crippen molar-refractivity contribution in [3.05, 3.63) is 65.5 Å². The van der Waals surface area contributed by atoms with Crippen LogP contribution < -0.4 is 10.6 Å². The number of benzene rings is 2. The van der Waals surface area contributed by atoms with E-state index in [2.05, 4.69) is 32.7 Å². The van der Waals surface area contributed by atoms with E-state index in [0.717, 1.165) is 36.4 Å². The van der Waals surface area contributed by atoms with Gasteiger partial charge in [0, 0.05) is 36.4 Å². The minimum absolute atomic E-state index is 0.0916. The fourth-order valence-corrected chi connectivity index (χ4v) is 3.26. The average Bonchev–Trinajstić information content (AvgIpc) is 3.20. The van der Waals surface area contributed by atoms with E-state index >= 15 is 0 Å². The van der Waals surface area contributed by atoms with Crippen molar-refractivity contribution >= 4 is 11.6 Å². The van der Waals surface area contributed by atoms with Crippen molar-refractivity contribution in [2.75, 3.05) is 32.0 Å². The number of hydrogen-bond donors (Lipinski definition) is 2. The van der Waals surface area contributed by atoms with Gasteiger partial charge in [0.1, 0.15) is 0 Å². The standard InChI is InChI=1S/C21H23N5O2/c1-14-8-9-16(12-17(14)23-20(27)15-6-4-3-5-7-15)21-24-19(25-28-21)18-13-22-10-11-26(18)2/h3-9,12,18,22H,10-11,13H2,1-2H3,(H,23,27). The zero-order valence-electron chi connectivity index (χ0n) is 16.0. The third-order valence-electron chi connectivity index (χ3n) is 5.02. The summed E-state index contributed by atoms with van der Waals surface area (Å²) in [5, 5.41) is 10.5. The molecule has 7 heteroatoms. The Labute approximate surface area is 163 Å². The highest BCUT2D eigenvalue weighted by Crippen LogP contribution is 2.27. The Kier molecular flexibility index (Phi) is 5.18. The quantitative estimate of drug-likeness (QED) is 0.727. The van der Waals surface area contributed by atoms with Gasteiger partial charge >= 0.3 is 0 Å². The van der Waals surface area contributed by atoms with Gasteiger partial charge in [0.2, 0.25) is 0 Å². The molecule has 144 valence electrons. The van der Waals surface area contributed by atoms with Crippen LogP contribution in [-0.2, 0) is 0 Å². The molecule has 0 aliphatic carbocycles. The number of likely N-dealkylation sites (N-methyl/N-ethyl adjacent to an activating group) is 1. The van der Waals surface area contributed by atoms with Gasteiger partial charge in [-0.3, -0.25) is 9.69 Å². The van der Waals surface area contributed by atoms with Crippen LogP contribution in [0.1, 0.15) is 27.8 Å². The number of aromatic nitrogens is 2. The van der Waals surface area contributed by atoms with Crippen LogP contribution in [0.4, 0.5) is 5.69 Å². The van der Waals surface area contributed by atoms with E-state index in [1.165, 1.54) is 0 Å². The topological polar surface area (TPSA) is 83.3 Å². The Bertz CT molecular complexity index is 970. The summed E-state index contributed by atoms with van der Waals surface area (Å²) in [5.74, 6) is 0.964. The van der Waals surface area contributed by atoms with Crippen molar-refractivity contribution in [3.8, 4) is 11.5 Å². The molecule has 1 saturated heterocycles. The number of hydrogen-bond acceptors (Lipinski definition) is 6. The number of rotatable bonds is 4. The molecular formula is C21H23N5O2. The largest absolute Gasteiger partial charge is 0.334 e. The van der Waals surface area contributed by atoms with Gasteiger partial charge in [0.05, 0.1) is 6.04 Å². The predicted molar refractivity (Wildman–Crippen MR) is 107 cm³/mol. The molecule has 7 nitrogen and oxygen atoms in total. The van der Waals surface area contributed by atoms with Gasteiger partial charge in [-0.2, -0.15) is 4.98 Å². The molecule has 1 unspecified atom stereocenters. The Morgan fingerprint density at radius 1 is 1.25 bits per heavy atom. The maximum Gasteiger partial charge on any atom is 0.258 e. The van der Waals surface area contributed by atoms with Gasteiger partial charge in [0.25, 0.3) is 11.8 Å². The molecule has 2 aromatic carbocycles. The second-order valence-corrected chi connectivity index (χ2v) is 7.01. The molecule has 28 heavy (non-hydrogen) atoms. The minimum Gasteiger partial charge on any atom is -0.334 e. The smallest absolute Gasteiger partial charge is 0.258 e. The first-order chi connectivity index (χ1) is 13.6. The molecule has 0 radical (unpaired) electrons. The zero-order valence-corrected chi connectivity index (χ0v) is 16.0. The molecule has 0 spiro atoms. The summed E-state index contributed by atoms with van der Waals surface area (Å²) in [6, 6.07) is 15.0. The highest BCUT2D eigenvalue weighted by atomic mass is 16.5. The molecule has 1 aliphatic rings. The number of nitrogens with one attached hydrogen (secondary N) is 2. The van der Waals surface area contributed by atoms with E-state index in [1.54, 1.807) is 12.1 Å². The number of carbonyl (C=O) groups excluding carboxylic acids is 1. The lowest BCUT2D eigenvalue weighted by Gasteiger charge is -2.30. The fraction of sp³-hybridized carbons (Fsp3) is 0.286. The van der Waals surface area contributed by atoms with Crippen molar-refractivity contribution in [1.82, 2.24) is 20.4 Å². The molecule has 1 aromatic heterocycles. The first-order valence-electron chi connectivity index (χ1n) is 9.34. The SMILES string of the molecule is Cc1ccc(-c2nc(C3CNCCN3C)no2)cc1NC(=O)c1ccccc1. The number of carbonyl (C=O) groups is 1. The first-order valence-corrected chi connectivity index (χ1v) is 9.34. The zero-order chi connectivity index (χ0) is 19.5. The Balaban J connectivity index is 1.56. The normalized spacial score (nSPS) is 17.4. The van der Waals surface area contributed by atoms with Crippen molar-refractivity contribution in [1.29, 1.82) is 0 Å². The Hall–Kier alpha value is -3.03. The van der Waals surface area contributed by atoms with Gasteiger partial charge in [-0.15, -0.1) is 0 Å². The van der Waals surface area contributed by atoms with Crippen molar-refractivity contribution < 1.29 is 9.32 Å². The monoisotopic (exact) mass is 377 g/mol. The number of aryl methyl sites for hydroxylation is 1. The second-order valence-electron chi connectivity index (χ2n) is 7.01. The lowest BCUT2D eigenvalue weighted by atomic mass is 10.1. The van der Waals surface area contributed by atoms with Gasteiger partial charge in [0.15, 0.2) is 5.82 Å². The van der Waals surface area contributed by atoms with Crippen LogP contribution in [0.5, 0.6) is 0 Å². The number of piperazine rings is 1. The Morgan fingerprint density at radius 2 is 2.07 bits per heavy atom. The molecule has 4 rings (SSSR count). The molecular weight excluding hydrogens is 354 g/mol. The lowest BCUT2D eigenvalue weighted by Crippen LogP contribution is -2.44. The van der Waals surface area contributed by atoms with Crippen LogP contribution in [0.2, 0.25) is 0 Å². The van der Waals surface area contributed by atoms with Crippen molar-refractivity contribution in [3.63, 3.8) is 0 Å². The van der Waals surface area contributed by atoms with Gasteiger partial charge in [-0.1, -0.05) is 29.4 Å². The number of amides is 1. The van der Waals surface area contributed by atoms with Gasteiger partial charge in [-0.05, 0) is 43.8 Å². The Morgan fingerprint density at radius 3 is 2.86 bits per heavy atom. The molecule has 1 atom stereocenters. The average molecular weight is 377 g/mol. The molecule has 0 saturated carbocycles. The van der Waals surface area contributed by atoms with Crippen LogP contribution in [0, 0.1) is 6.92 Å². The van der Waals surface area contributed by atoms with E-state index in [0.29, 0.717) is 17.3 Å². The maximum atomic E-state index is 12.5. The molecule has 2 heterocycles. The maximum absolute atomic E-state index is 12.5. The van der Waals surface area contributed by atoms with Gasteiger partial charge in [-0.25, -0.2) is 0 Å². The van der Waals surface area contributed by atoms with Crippen LogP contribution >= 0.6 is 0 Å². The summed E-state index contributed by atoms with van der Waals surface area (Å²) < 4.78 is 5.51. The van der Waals surface area contributed by atoms with Crippen molar-refractivity contribution in [2.45, 2.75) is 13.0 Å². The summed E-state index contributed by atoms with van der Waals surface area (Å²) in [6.07, 6.45) is 0. The number of nitrogens with zero attached hydrogens (tertiary/aromatic N) is 3. The predicted octanol–water partition coefficient (Wildman–Crippen LogP) is 2.87. The lowest BCUT2D eigenvalue weighted by molar-refractivity contribution is 0.102. The van der Waals surface area contributed by atoms with Gasteiger partial charge < -0.3 is 15.2 Å². The van der Waals surface area contributed by atoms with Crippen LogP contribution in [-0.4, -0.2) is 47.6 Å². The van der Waals surface area contributed by atoms with E-state index in [-0.39, 0.29) is 11.9 Å². The van der Waals surface area contributed by atoms with E-state index in [1.807, 2.05) is 43.3 Å². The summed E-state index contributed by atoms with van der Waals surface area (Å²) in [7, 11) is 2.06. The first kappa shape index (κ1) is 18.3. The molecule has 1 fully saturated rings. The summed E-state index contributed by atoms with van der Waals surface area (Å²) in [4.78, 5) is 19.3. The molecule has 2 N–H and O–H groups in total. The second kappa shape index (κ2) is 7.92. The van der Waals surface area contributed by atoms with E-state index in [4.69, 9.17) is 4.52 Å². The molecule has 1 amide bonds. The third-order valence-corrected chi connectivity index (χ3v) is 5.02. The van der Waals surface area contributed by atoms with Crippen LogP contribution in [0.3, 0.4) is 0 Å². The fourth-order valence-electron chi connectivity index (χ4n) is 3.26. The summed E-state index contributed by atoms with van der Waals surface area (Å²) in [6.45, 7) is 4.64. The van der Waals surface area contributed by atoms with E-state index < -0.39 is 0 Å². The van der Waals surface area contributed by atoms with E-state index in [9.17, 15) is 4.79 Å². The highest BCUT2D eigenvalue weighted by molar-refractivity contribution is 6.04. The van der Waals surface area contributed by atoms with Crippen molar-refractivity contribution in [2.24, 2.45) is 0 Å². The highest BCUT2D eigenvalue weighted by Gasteiger charge is 2.25. The molecule has 0 bridgehead atoms.